The summed E-state index contributed by atoms with van der Waals surface area (Å²) in [5.74, 6) is -1.12. The van der Waals surface area contributed by atoms with Gasteiger partial charge in [0.1, 0.15) is 17.6 Å². The minimum Gasteiger partial charge on any atom is -0.490 e. The maximum atomic E-state index is 13.5. The predicted molar refractivity (Wildman–Crippen MR) is 205 cm³/mol. The number of Topliss-reactive ketones (excluding diaryl/α,β-unsaturated/α-hetero) is 1. The summed E-state index contributed by atoms with van der Waals surface area (Å²) in [4.78, 5) is 69.7. The number of carbonyl (C=O) groups excluding carboxylic acids is 5. The zero-order chi connectivity index (χ0) is 38.8. The van der Waals surface area contributed by atoms with Crippen molar-refractivity contribution in [1.29, 1.82) is 5.26 Å². The van der Waals surface area contributed by atoms with Crippen LogP contribution < -0.4 is 15.8 Å². The van der Waals surface area contributed by atoms with Gasteiger partial charge in [-0.15, -0.1) is 0 Å². The van der Waals surface area contributed by atoms with Crippen LogP contribution >= 0.6 is 0 Å². The molecule has 7 rings (SSSR count). The van der Waals surface area contributed by atoms with E-state index in [2.05, 4.69) is 16.3 Å². The van der Waals surface area contributed by atoms with Gasteiger partial charge in [0.15, 0.2) is 0 Å². The van der Waals surface area contributed by atoms with Crippen molar-refractivity contribution in [2.75, 3.05) is 18.4 Å². The Labute approximate surface area is 321 Å². The number of imide groups is 1. The molecular weight excluding hydrogens is 697 g/mol. The van der Waals surface area contributed by atoms with E-state index in [4.69, 9.17) is 10.5 Å². The first-order chi connectivity index (χ1) is 26.5. The van der Waals surface area contributed by atoms with E-state index in [1.165, 1.54) is 0 Å². The summed E-state index contributed by atoms with van der Waals surface area (Å²) < 4.78 is 6.21. The summed E-state index contributed by atoms with van der Waals surface area (Å²) in [6, 6.07) is 18.5. The lowest BCUT2D eigenvalue weighted by Crippen LogP contribution is -2.48. The molecule has 4 amide bonds. The topological polar surface area (TPSA) is 166 Å². The summed E-state index contributed by atoms with van der Waals surface area (Å²) in [7, 11) is 0. The molecule has 3 aromatic rings. The second-order valence-electron chi connectivity index (χ2n) is 15.3. The molecule has 1 atom stereocenters. The second-order valence-corrected chi connectivity index (χ2v) is 15.3. The number of piperidine rings is 1. The Morgan fingerprint density at radius 3 is 2.11 bits per heavy atom. The number of hydrogen-bond donors (Lipinski definition) is 2. The number of carbonyl (C=O) groups is 5. The Balaban J connectivity index is 0.875. The van der Waals surface area contributed by atoms with Gasteiger partial charge in [0, 0.05) is 62.4 Å². The fourth-order valence-corrected chi connectivity index (χ4v) is 8.51. The number of anilines is 1. The lowest BCUT2D eigenvalue weighted by molar-refractivity contribution is -0.123. The molecule has 0 radical (unpaired) electrons. The molecule has 1 unspecified atom stereocenters. The zero-order valence-corrected chi connectivity index (χ0v) is 31.5. The van der Waals surface area contributed by atoms with Crippen LogP contribution in [-0.2, 0) is 22.7 Å². The molecular formula is C43H48N6O6. The van der Waals surface area contributed by atoms with Crippen molar-refractivity contribution in [3.63, 3.8) is 0 Å². The van der Waals surface area contributed by atoms with E-state index in [0.717, 1.165) is 71.6 Å². The highest BCUT2D eigenvalue weighted by atomic mass is 16.5. The first kappa shape index (κ1) is 37.8. The molecule has 1 saturated heterocycles. The lowest BCUT2D eigenvalue weighted by atomic mass is 9.92. The van der Waals surface area contributed by atoms with Crippen LogP contribution in [0.1, 0.15) is 118 Å². The van der Waals surface area contributed by atoms with Crippen molar-refractivity contribution in [2.24, 2.45) is 5.73 Å². The van der Waals surface area contributed by atoms with Crippen molar-refractivity contribution in [3.8, 4) is 11.8 Å². The van der Waals surface area contributed by atoms with Gasteiger partial charge in [-0.05, 0) is 123 Å². The van der Waals surface area contributed by atoms with Crippen molar-refractivity contribution >= 4 is 35.1 Å². The average molecular weight is 745 g/mol. The normalized spacial score (nSPS) is 20.5. The number of benzene rings is 3. The van der Waals surface area contributed by atoms with Gasteiger partial charge in [-0.2, -0.15) is 5.26 Å². The summed E-state index contributed by atoms with van der Waals surface area (Å²) >= 11 is 0. The van der Waals surface area contributed by atoms with Crippen molar-refractivity contribution in [2.45, 2.75) is 109 Å². The summed E-state index contributed by atoms with van der Waals surface area (Å²) in [6.45, 7) is 6.19. The molecule has 0 bridgehead atoms. The molecule has 55 heavy (non-hydrogen) atoms. The average Bonchev–Trinajstić information content (AvgIpc) is 3.72. The standard InChI is InChI=1S/C43H48N6O6/c1-3-34(50)11-15-39(40(45)51)49-42(53)37-21-29-24-48(25-30(29)22-38(37)43(49)54)33-16-18-47(19-17-33)41(52)27-4-7-31(8-5-27)46-32-9-13-35(14-10-32)55-36-12-6-28(23-44)26(2)20-36/h4-8,12,20-22,32-33,35,39,46H,3,9-11,13-19,24-25H2,1-2H3,(H2,45,51). The number of ketones is 1. The number of rotatable bonds is 12. The molecule has 3 aliphatic heterocycles. The monoisotopic (exact) mass is 744 g/mol. The Kier molecular flexibility index (Phi) is 11.0. The third-order valence-corrected chi connectivity index (χ3v) is 11.8. The number of likely N-dealkylation sites (tertiary alicyclic amines) is 1. The van der Waals surface area contributed by atoms with Crippen LogP contribution in [-0.4, -0.2) is 81.4 Å². The summed E-state index contributed by atoms with van der Waals surface area (Å²) in [5, 5.41) is 12.8. The van der Waals surface area contributed by atoms with E-state index >= 15 is 0 Å². The Hall–Kier alpha value is -5.54. The van der Waals surface area contributed by atoms with Gasteiger partial charge in [0.25, 0.3) is 17.7 Å². The molecule has 3 N–H and O–H groups in total. The number of fused-ring (bicyclic) bond motifs is 2. The Morgan fingerprint density at radius 2 is 1.55 bits per heavy atom. The highest BCUT2D eigenvalue weighted by Crippen LogP contribution is 2.35. The van der Waals surface area contributed by atoms with Crippen LogP contribution in [0, 0.1) is 18.3 Å². The zero-order valence-electron chi connectivity index (χ0n) is 31.5. The first-order valence-electron chi connectivity index (χ1n) is 19.4. The van der Waals surface area contributed by atoms with Gasteiger partial charge in [0.2, 0.25) is 5.91 Å². The van der Waals surface area contributed by atoms with Crippen LogP contribution in [0.5, 0.6) is 5.75 Å². The molecule has 1 saturated carbocycles. The number of primary amides is 1. The number of nitrogens with two attached hydrogens (primary N) is 1. The predicted octanol–water partition coefficient (Wildman–Crippen LogP) is 5.50. The Bertz CT molecular complexity index is 2000. The maximum absolute atomic E-state index is 13.5. The molecule has 4 aliphatic rings. The smallest absolute Gasteiger partial charge is 0.262 e. The quantitative estimate of drug-likeness (QED) is 0.228. The van der Waals surface area contributed by atoms with Crippen molar-refractivity contribution in [1.82, 2.24) is 14.7 Å². The number of nitriles is 1. The maximum Gasteiger partial charge on any atom is 0.262 e. The summed E-state index contributed by atoms with van der Waals surface area (Å²) in [5.41, 5.74) is 11.3. The number of nitrogens with zero attached hydrogens (tertiary/aromatic N) is 4. The van der Waals surface area contributed by atoms with Crippen molar-refractivity contribution < 1.29 is 28.7 Å². The van der Waals surface area contributed by atoms with E-state index in [1.54, 1.807) is 19.1 Å². The fraction of sp³-hybridized carbons (Fsp3) is 0.442. The fourth-order valence-electron chi connectivity index (χ4n) is 8.51. The van der Waals surface area contributed by atoms with Crippen LogP contribution in [0.4, 0.5) is 5.69 Å². The van der Waals surface area contributed by atoms with Crippen molar-refractivity contribution in [3.05, 3.63) is 93.5 Å². The molecule has 3 aromatic carbocycles. The third kappa shape index (κ3) is 7.98. The number of nitrogens with one attached hydrogen (secondary N) is 1. The molecule has 1 aliphatic carbocycles. The van der Waals surface area contributed by atoms with Gasteiger partial charge in [-0.1, -0.05) is 6.92 Å². The van der Waals surface area contributed by atoms with Crippen LogP contribution in [0.25, 0.3) is 0 Å². The third-order valence-electron chi connectivity index (χ3n) is 11.8. The van der Waals surface area contributed by atoms with E-state index in [-0.39, 0.29) is 47.8 Å². The summed E-state index contributed by atoms with van der Waals surface area (Å²) in [6.07, 6.45) is 6.03. The second kappa shape index (κ2) is 16.1. The molecule has 3 heterocycles. The molecule has 12 heteroatoms. The number of hydrogen-bond acceptors (Lipinski definition) is 9. The van der Waals surface area contributed by atoms with E-state index in [9.17, 15) is 29.2 Å². The molecule has 286 valence electrons. The molecule has 12 nitrogen and oxygen atoms in total. The largest absolute Gasteiger partial charge is 0.490 e. The van der Waals surface area contributed by atoms with Gasteiger partial charge in [-0.3, -0.25) is 33.8 Å². The number of aryl methyl sites for hydroxylation is 1. The van der Waals surface area contributed by atoms with Crippen LogP contribution in [0.3, 0.4) is 0 Å². The number of ether oxygens (including phenoxy) is 1. The number of amides is 4. The van der Waals surface area contributed by atoms with Gasteiger partial charge in [0.05, 0.1) is 28.9 Å². The van der Waals surface area contributed by atoms with E-state index in [0.29, 0.717) is 49.8 Å². The van der Waals surface area contributed by atoms with E-state index < -0.39 is 23.8 Å². The molecule has 2 fully saturated rings. The van der Waals surface area contributed by atoms with Gasteiger partial charge < -0.3 is 20.7 Å². The van der Waals surface area contributed by atoms with Crippen LogP contribution in [0.2, 0.25) is 0 Å². The lowest BCUT2D eigenvalue weighted by Gasteiger charge is -2.36. The van der Waals surface area contributed by atoms with Crippen LogP contribution in [0.15, 0.2) is 54.6 Å². The van der Waals surface area contributed by atoms with Gasteiger partial charge in [-0.25, -0.2) is 0 Å². The Morgan fingerprint density at radius 1 is 0.909 bits per heavy atom. The highest BCUT2D eigenvalue weighted by molar-refractivity contribution is 6.23. The van der Waals surface area contributed by atoms with Gasteiger partial charge >= 0.3 is 0 Å². The molecule has 0 aromatic heterocycles. The SMILES string of the molecule is CCC(=O)CCC(C(N)=O)N1C(=O)c2cc3c(cc2C1=O)CN(C1CCN(C(=O)c2ccc(NC4CCC(Oc5ccc(C#N)c(C)c5)CC4)cc2)CC1)C3. The minimum atomic E-state index is -1.17. The minimum absolute atomic E-state index is 0.0200. The van der Waals surface area contributed by atoms with E-state index in [1.807, 2.05) is 54.3 Å². The highest BCUT2D eigenvalue weighted by Gasteiger charge is 2.43. The first-order valence-corrected chi connectivity index (χ1v) is 19.4. The molecule has 0 spiro atoms.